The van der Waals surface area contributed by atoms with Crippen LogP contribution < -0.4 is 5.32 Å². The monoisotopic (exact) mass is 252 g/mol. The molecule has 1 aliphatic heterocycles. The minimum absolute atomic E-state index is 0.329. The van der Waals surface area contributed by atoms with Crippen molar-refractivity contribution in [2.24, 2.45) is 5.92 Å². The van der Waals surface area contributed by atoms with Gasteiger partial charge in [0, 0.05) is 12.5 Å². The average Bonchev–Trinajstić information content (AvgIpc) is 2.78. The van der Waals surface area contributed by atoms with Gasteiger partial charge in [0.25, 0.3) is 0 Å². The molecule has 2 rings (SSSR count). The van der Waals surface area contributed by atoms with Gasteiger partial charge in [0.05, 0.1) is 6.54 Å². The van der Waals surface area contributed by atoms with Crippen molar-refractivity contribution in [2.45, 2.75) is 39.2 Å². The molecule has 0 amide bonds. The van der Waals surface area contributed by atoms with E-state index in [1.807, 2.05) is 0 Å². The van der Waals surface area contributed by atoms with Gasteiger partial charge in [-0.05, 0) is 38.9 Å². The summed E-state index contributed by atoms with van der Waals surface area (Å²) < 4.78 is 5.27. The van der Waals surface area contributed by atoms with E-state index in [0.29, 0.717) is 5.92 Å². The SMILES string of the molecule is CC(C)c1noc(CN(C)CC2CCCNC2)n1. The fourth-order valence-corrected chi connectivity index (χ4v) is 2.38. The molecule has 18 heavy (non-hydrogen) atoms. The van der Waals surface area contributed by atoms with E-state index in [2.05, 4.69) is 41.3 Å². The molecule has 1 aliphatic rings. The Bertz CT molecular complexity index is 358. The van der Waals surface area contributed by atoms with Gasteiger partial charge in [-0.1, -0.05) is 19.0 Å². The van der Waals surface area contributed by atoms with E-state index in [1.54, 1.807) is 0 Å². The largest absolute Gasteiger partial charge is 0.338 e. The lowest BCUT2D eigenvalue weighted by Gasteiger charge is -2.26. The van der Waals surface area contributed by atoms with Crippen LogP contribution in [0.4, 0.5) is 0 Å². The number of hydrogen-bond acceptors (Lipinski definition) is 5. The Kier molecular flexibility index (Phi) is 4.72. The molecule has 5 heteroatoms. The smallest absolute Gasteiger partial charge is 0.240 e. The molecule has 1 fully saturated rings. The molecular formula is C13H24N4O. The second-order valence-electron chi connectivity index (χ2n) is 5.61. The summed E-state index contributed by atoms with van der Waals surface area (Å²) in [5.41, 5.74) is 0. The molecule has 0 aliphatic carbocycles. The van der Waals surface area contributed by atoms with Gasteiger partial charge >= 0.3 is 0 Å². The lowest BCUT2D eigenvalue weighted by Crippen LogP contribution is -2.36. The van der Waals surface area contributed by atoms with Crippen molar-refractivity contribution in [3.63, 3.8) is 0 Å². The maximum Gasteiger partial charge on any atom is 0.240 e. The van der Waals surface area contributed by atoms with Crippen LogP contribution in [0.25, 0.3) is 0 Å². The van der Waals surface area contributed by atoms with Crippen LogP contribution in [-0.2, 0) is 6.54 Å². The topological polar surface area (TPSA) is 54.2 Å². The van der Waals surface area contributed by atoms with E-state index in [-0.39, 0.29) is 0 Å². The fraction of sp³-hybridized carbons (Fsp3) is 0.846. The molecular weight excluding hydrogens is 228 g/mol. The summed E-state index contributed by atoms with van der Waals surface area (Å²) in [6, 6.07) is 0. The highest BCUT2D eigenvalue weighted by Gasteiger charge is 2.17. The number of hydrogen-bond donors (Lipinski definition) is 1. The van der Waals surface area contributed by atoms with E-state index < -0.39 is 0 Å². The van der Waals surface area contributed by atoms with Gasteiger partial charge in [-0.3, -0.25) is 4.90 Å². The number of nitrogens with one attached hydrogen (secondary N) is 1. The first-order valence-corrected chi connectivity index (χ1v) is 6.87. The van der Waals surface area contributed by atoms with Crippen molar-refractivity contribution in [3.05, 3.63) is 11.7 Å². The Morgan fingerprint density at radius 3 is 2.94 bits per heavy atom. The molecule has 1 saturated heterocycles. The van der Waals surface area contributed by atoms with Crippen LogP contribution in [0.15, 0.2) is 4.52 Å². The van der Waals surface area contributed by atoms with Crippen molar-refractivity contribution in [1.29, 1.82) is 0 Å². The van der Waals surface area contributed by atoms with Crippen LogP contribution >= 0.6 is 0 Å². The van der Waals surface area contributed by atoms with E-state index in [0.717, 1.165) is 37.3 Å². The first kappa shape index (κ1) is 13.5. The average molecular weight is 252 g/mol. The summed E-state index contributed by atoms with van der Waals surface area (Å²) in [6.07, 6.45) is 2.61. The Labute approximate surface area is 109 Å². The van der Waals surface area contributed by atoms with Gasteiger partial charge in [-0.25, -0.2) is 0 Å². The number of piperidine rings is 1. The third kappa shape index (κ3) is 3.78. The van der Waals surface area contributed by atoms with E-state index in [4.69, 9.17) is 4.52 Å². The standard InChI is InChI=1S/C13H24N4O/c1-10(2)13-15-12(18-16-13)9-17(3)8-11-5-4-6-14-7-11/h10-11,14H,4-9H2,1-3H3. The van der Waals surface area contributed by atoms with Crippen LogP contribution in [0.1, 0.15) is 44.3 Å². The number of nitrogens with zero attached hydrogens (tertiary/aromatic N) is 3. The molecule has 0 spiro atoms. The van der Waals surface area contributed by atoms with Crippen LogP contribution in [0, 0.1) is 5.92 Å². The first-order valence-electron chi connectivity index (χ1n) is 6.87. The van der Waals surface area contributed by atoms with E-state index in [1.165, 1.54) is 19.4 Å². The van der Waals surface area contributed by atoms with Crippen molar-refractivity contribution in [1.82, 2.24) is 20.4 Å². The lowest BCUT2D eigenvalue weighted by atomic mass is 9.99. The third-order valence-electron chi connectivity index (χ3n) is 3.37. The van der Waals surface area contributed by atoms with Gasteiger partial charge in [-0.2, -0.15) is 4.98 Å². The fourth-order valence-electron chi connectivity index (χ4n) is 2.38. The molecule has 0 bridgehead atoms. The Morgan fingerprint density at radius 1 is 1.50 bits per heavy atom. The van der Waals surface area contributed by atoms with Gasteiger partial charge < -0.3 is 9.84 Å². The molecule has 2 heterocycles. The zero-order chi connectivity index (χ0) is 13.0. The summed E-state index contributed by atoms with van der Waals surface area (Å²) >= 11 is 0. The van der Waals surface area contributed by atoms with Gasteiger partial charge in [0.1, 0.15) is 0 Å². The number of aromatic nitrogens is 2. The summed E-state index contributed by atoms with van der Waals surface area (Å²) in [5, 5.41) is 7.44. The highest BCUT2D eigenvalue weighted by molar-refractivity contribution is 4.91. The maximum atomic E-state index is 5.27. The maximum absolute atomic E-state index is 5.27. The van der Waals surface area contributed by atoms with Gasteiger partial charge in [-0.15, -0.1) is 0 Å². The summed E-state index contributed by atoms with van der Waals surface area (Å²) in [6.45, 7) is 8.29. The van der Waals surface area contributed by atoms with Crippen molar-refractivity contribution in [2.75, 3.05) is 26.7 Å². The molecule has 5 nitrogen and oxygen atoms in total. The quantitative estimate of drug-likeness (QED) is 0.863. The van der Waals surface area contributed by atoms with Crippen LogP contribution in [0.2, 0.25) is 0 Å². The summed E-state index contributed by atoms with van der Waals surface area (Å²) in [4.78, 5) is 6.68. The van der Waals surface area contributed by atoms with E-state index in [9.17, 15) is 0 Å². The molecule has 1 N–H and O–H groups in total. The zero-order valence-electron chi connectivity index (χ0n) is 11.6. The van der Waals surface area contributed by atoms with Crippen LogP contribution in [0.5, 0.6) is 0 Å². The molecule has 102 valence electrons. The molecule has 1 atom stereocenters. The normalized spacial score (nSPS) is 20.8. The molecule has 0 aromatic carbocycles. The zero-order valence-corrected chi connectivity index (χ0v) is 11.6. The molecule has 0 radical (unpaired) electrons. The summed E-state index contributed by atoms with van der Waals surface area (Å²) in [5.74, 6) is 2.61. The highest BCUT2D eigenvalue weighted by Crippen LogP contribution is 2.14. The summed E-state index contributed by atoms with van der Waals surface area (Å²) in [7, 11) is 2.12. The second kappa shape index (κ2) is 6.29. The molecule has 1 unspecified atom stereocenters. The van der Waals surface area contributed by atoms with Crippen LogP contribution in [0.3, 0.4) is 0 Å². The van der Waals surface area contributed by atoms with Crippen molar-refractivity contribution < 1.29 is 4.52 Å². The predicted octanol–water partition coefficient (Wildman–Crippen LogP) is 1.62. The number of rotatable bonds is 5. The first-order chi connectivity index (χ1) is 8.65. The minimum atomic E-state index is 0.329. The third-order valence-corrected chi connectivity index (χ3v) is 3.37. The second-order valence-corrected chi connectivity index (χ2v) is 5.61. The van der Waals surface area contributed by atoms with E-state index >= 15 is 0 Å². The Balaban J connectivity index is 1.80. The Morgan fingerprint density at radius 2 is 2.33 bits per heavy atom. The van der Waals surface area contributed by atoms with Crippen molar-refractivity contribution >= 4 is 0 Å². The predicted molar refractivity (Wildman–Crippen MR) is 70.3 cm³/mol. The van der Waals surface area contributed by atoms with Gasteiger partial charge in [0.15, 0.2) is 5.82 Å². The molecule has 1 aromatic heterocycles. The van der Waals surface area contributed by atoms with Gasteiger partial charge in [0.2, 0.25) is 5.89 Å². The molecule has 0 saturated carbocycles. The van der Waals surface area contributed by atoms with Crippen molar-refractivity contribution in [3.8, 4) is 0 Å². The molecule has 1 aromatic rings. The van der Waals surface area contributed by atoms with Crippen LogP contribution in [-0.4, -0.2) is 41.7 Å². The highest BCUT2D eigenvalue weighted by atomic mass is 16.5. The minimum Gasteiger partial charge on any atom is -0.338 e. The Hall–Kier alpha value is -0.940. The lowest BCUT2D eigenvalue weighted by molar-refractivity contribution is 0.212.